The van der Waals surface area contributed by atoms with Crippen molar-refractivity contribution in [3.05, 3.63) is 0 Å². The third-order valence-electron chi connectivity index (χ3n) is 3.05. The van der Waals surface area contributed by atoms with E-state index in [2.05, 4.69) is 4.99 Å². The maximum absolute atomic E-state index is 11.7. The number of halogens is 1. The van der Waals surface area contributed by atoms with Gasteiger partial charge in [0.2, 0.25) is 5.91 Å². The number of morpholine rings is 1. The molecule has 1 amide bonds. The number of ether oxygens (including phenoxy) is 1. The molecule has 1 heterocycles. The molecule has 0 bridgehead atoms. The van der Waals surface area contributed by atoms with E-state index >= 15 is 0 Å². The number of nitrogens with two attached hydrogens (primary N) is 1. The summed E-state index contributed by atoms with van der Waals surface area (Å²) in [5.74, 6) is 0.657. The lowest BCUT2D eigenvalue weighted by atomic mass is 10.3. The molecule has 1 saturated heterocycles. The third-order valence-corrected chi connectivity index (χ3v) is 3.05. The van der Waals surface area contributed by atoms with Crippen LogP contribution < -0.4 is 5.73 Å². The molecule has 0 radical (unpaired) electrons. The van der Waals surface area contributed by atoms with Crippen LogP contribution in [0.4, 0.5) is 0 Å². The van der Waals surface area contributed by atoms with Crippen molar-refractivity contribution in [2.24, 2.45) is 10.7 Å². The molecule has 6 nitrogen and oxygen atoms in total. The Kier molecular flexibility index (Phi) is 9.94. The van der Waals surface area contributed by atoms with E-state index in [4.69, 9.17) is 10.5 Å². The fourth-order valence-corrected chi connectivity index (χ4v) is 1.89. The topological polar surface area (TPSA) is 71.2 Å². The Morgan fingerprint density at radius 2 is 1.89 bits per heavy atom. The number of guanidine groups is 1. The highest BCUT2D eigenvalue weighted by atomic mass is 127. The predicted octanol–water partition coefficient (Wildman–Crippen LogP) is 0.510. The molecule has 0 aromatic carbocycles. The van der Waals surface area contributed by atoms with E-state index in [0.717, 1.165) is 26.2 Å². The minimum Gasteiger partial charge on any atom is -0.378 e. The number of amides is 1. The van der Waals surface area contributed by atoms with E-state index in [1.165, 1.54) is 0 Å². The zero-order valence-electron chi connectivity index (χ0n) is 11.8. The Balaban J connectivity index is 0.00000324. The molecule has 0 unspecified atom stereocenters. The Bertz CT molecular complexity index is 289. The molecule has 0 atom stereocenters. The lowest BCUT2D eigenvalue weighted by Crippen LogP contribution is -2.45. The first-order valence-corrected chi connectivity index (χ1v) is 6.59. The fraction of sp³-hybridized carbons (Fsp3) is 0.833. The van der Waals surface area contributed by atoms with Gasteiger partial charge in [-0.15, -0.1) is 24.0 Å². The van der Waals surface area contributed by atoms with Gasteiger partial charge in [0.05, 0.1) is 19.8 Å². The minimum atomic E-state index is 0. The van der Waals surface area contributed by atoms with Gasteiger partial charge in [0, 0.05) is 32.6 Å². The first-order chi connectivity index (χ1) is 8.69. The second-order valence-corrected chi connectivity index (χ2v) is 4.16. The van der Waals surface area contributed by atoms with Gasteiger partial charge in [-0.1, -0.05) is 0 Å². The summed E-state index contributed by atoms with van der Waals surface area (Å²) in [5, 5.41) is 0. The number of nitrogens with zero attached hydrogens (tertiary/aromatic N) is 3. The monoisotopic (exact) mass is 384 g/mol. The summed E-state index contributed by atoms with van der Waals surface area (Å²) in [7, 11) is 0. The van der Waals surface area contributed by atoms with Gasteiger partial charge in [-0.05, 0) is 13.8 Å². The van der Waals surface area contributed by atoms with Crippen molar-refractivity contribution in [3.8, 4) is 0 Å². The molecule has 19 heavy (non-hydrogen) atoms. The van der Waals surface area contributed by atoms with Crippen molar-refractivity contribution in [1.29, 1.82) is 0 Å². The van der Waals surface area contributed by atoms with E-state index in [9.17, 15) is 4.79 Å². The van der Waals surface area contributed by atoms with Crippen LogP contribution in [0.15, 0.2) is 4.99 Å². The molecular formula is C12H25IN4O2. The molecule has 1 fully saturated rings. The summed E-state index contributed by atoms with van der Waals surface area (Å²) >= 11 is 0. The SMILES string of the molecule is CCN(CC)C(=O)CCN=C(N)N1CCOCC1.I. The van der Waals surface area contributed by atoms with Crippen LogP contribution in [-0.4, -0.2) is 67.6 Å². The molecule has 0 aromatic rings. The van der Waals surface area contributed by atoms with E-state index in [1.807, 2.05) is 18.7 Å². The normalized spacial score (nSPS) is 15.9. The zero-order valence-corrected chi connectivity index (χ0v) is 14.1. The molecule has 0 aliphatic carbocycles. The summed E-state index contributed by atoms with van der Waals surface area (Å²) in [5.41, 5.74) is 5.87. The molecule has 1 rings (SSSR count). The summed E-state index contributed by atoms with van der Waals surface area (Å²) in [6, 6.07) is 0. The second kappa shape index (κ2) is 10.2. The van der Waals surface area contributed by atoms with Gasteiger partial charge in [-0.3, -0.25) is 9.79 Å². The van der Waals surface area contributed by atoms with Crippen molar-refractivity contribution in [2.75, 3.05) is 45.9 Å². The Hall–Kier alpha value is -0.570. The van der Waals surface area contributed by atoms with E-state index in [0.29, 0.717) is 32.1 Å². The summed E-state index contributed by atoms with van der Waals surface area (Å²) in [6.07, 6.45) is 0.423. The molecule has 1 aliphatic heterocycles. The number of carbonyl (C=O) groups excluding carboxylic acids is 1. The first-order valence-electron chi connectivity index (χ1n) is 6.59. The van der Waals surface area contributed by atoms with Gasteiger partial charge in [0.15, 0.2) is 5.96 Å². The molecule has 112 valence electrons. The van der Waals surface area contributed by atoms with Gasteiger partial charge in [0.25, 0.3) is 0 Å². The van der Waals surface area contributed by atoms with E-state index in [1.54, 1.807) is 4.90 Å². The predicted molar refractivity (Wildman–Crippen MR) is 86.8 cm³/mol. The smallest absolute Gasteiger partial charge is 0.224 e. The van der Waals surface area contributed by atoms with Crippen LogP contribution in [-0.2, 0) is 9.53 Å². The molecular weight excluding hydrogens is 359 g/mol. The van der Waals surface area contributed by atoms with Crippen LogP contribution in [0.3, 0.4) is 0 Å². The average Bonchev–Trinajstić information content (AvgIpc) is 2.41. The lowest BCUT2D eigenvalue weighted by Gasteiger charge is -2.27. The standard InChI is InChI=1S/C12H24N4O2.HI/c1-3-15(4-2)11(17)5-6-14-12(13)16-7-9-18-10-8-16;/h3-10H2,1-2H3,(H2,13,14);1H. The van der Waals surface area contributed by atoms with Crippen LogP contribution in [0.25, 0.3) is 0 Å². The van der Waals surface area contributed by atoms with Gasteiger partial charge >= 0.3 is 0 Å². The van der Waals surface area contributed by atoms with Crippen LogP contribution in [0.1, 0.15) is 20.3 Å². The van der Waals surface area contributed by atoms with Gasteiger partial charge in [-0.2, -0.15) is 0 Å². The summed E-state index contributed by atoms with van der Waals surface area (Å²) in [4.78, 5) is 19.8. The maximum atomic E-state index is 11.7. The van der Waals surface area contributed by atoms with Crippen LogP contribution >= 0.6 is 24.0 Å². The molecule has 2 N–H and O–H groups in total. The van der Waals surface area contributed by atoms with Crippen molar-refractivity contribution in [2.45, 2.75) is 20.3 Å². The maximum Gasteiger partial charge on any atom is 0.224 e. The molecule has 0 spiro atoms. The quantitative estimate of drug-likeness (QED) is 0.426. The van der Waals surface area contributed by atoms with Gasteiger partial charge < -0.3 is 20.3 Å². The highest BCUT2D eigenvalue weighted by Gasteiger charge is 2.13. The Morgan fingerprint density at radius 1 is 1.32 bits per heavy atom. The van der Waals surface area contributed by atoms with Crippen molar-refractivity contribution in [1.82, 2.24) is 9.80 Å². The fourth-order valence-electron chi connectivity index (χ4n) is 1.89. The number of rotatable bonds is 5. The number of carbonyl (C=O) groups is 1. The van der Waals surface area contributed by atoms with Crippen molar-refractivity contribution < 1.29 is 9.53 Å². The lowest BCUT2D eigenvalue weighted by molar-refractivity contribution is -0.130. The third kappa shape index (κ3) is 6.42. The van der Waals surface area contributed by atoms with Crippen molar-refractivity contribution >= 4 is 35.8 Å². The summed E-state index contributed by atoms with van der Waals surface area (Å²) < 4.78 is 5.24. The van der Waals surface area contributed by atoms with Crippen LogP contribution in [0, 0.1) is 0 Å². The molecule has 0 saturated carbocycles. The Labute approximate surface area is 132 Å². The first kappa shape index (κ1) is 18.4. The van der Waals surface area contributed by atoms with Crippen LogP contribution in [0.2, 0.25) is 0 Å². The largest absolute Gasteiger partial charge is 0.378 e. The average molecular weight is 384 g/mol. The van der Waals surface area contributed by atoms with E-state index in [-0.39, 0.29) is 29.9 Å². The highest BCUT2D eigenvalue weighted by Crippen LogP contribution is 1.98. The van der Waals surface area contributed by atoms with E-state index < -0.39 is 0 Å². The van der Waals surface area contributed by atoms with Crippen molar-refractivity contribution in [3.63, 3.8) is 0 Å². The number of aliphatic imine (C=N–C) groups is 1. The second-order valence-electron chi connectivity index (χ2n) is 4.16. The van der Waals surface area contributed by atoms with Gasteiger partial charge in [-0.25, -0.2) is 0 Å². The van der Waals surface area contributed by atoms with Crippen LogP contribution in [0.5, 0.6) is 0 Å². The van der Waals surface area contributed by atoms with Gasteiger partial charge in [0.1, 0.15) is 0 Å². The number of hydrogen-bond acceptors (Lipinski definition) is 3. The highest BCUT2D eigenvalue weighted by molar-refractivity contribution is 14.0. The molecule has 7 heteroatoms. The molecule has 1 aliphatic rings. The number of hydrogen-bond donors (Lipinski definition) is 1. The zero-order chi connectivity index (χ0) is 13.4. The minimum absolute atomic E-state index is 0. The molecule has 0 aromatic heterocycles. The Morgan fingerprint density at radius 3 is 2.42 bits per heavy atom. The summed E-state index contributed by atoms with van der Waals surface area (Å²) in [6.45, 7) is 8.84.